The molecule has 0 unspecified atom stereocenters. The first kappa shape index (κ1) is 23.8. The maximum Gasteiger partial charge on any atom is 0.460 e. The van der Waals surface area contributed by atoms with Crippen LogP contribution in [0.25, 0.3) is 0 Å². The van der Waals surface area contributed by atoms with Crippen LogP contribution < -0.4 is 0 Å². The molecule has 24 heavy (non-hydrogen) atoms. The minimum Gasteiger partial charge on any atom is -0.200 e. The lowest BCUT2D eigenvalue weighted by Gasteiger charge is -2.39. The van der Waals surface area contributed by atoms with Gasteiger partial charge in [-0.1, -0.05) is 22.6 Å². The minimum absolute atomic E-state index is 0.0953. The van der Waals surface area contributed by atoms with Crippen molar-refractivity contribution in [3.63, 3.8) is 0 Å². The monoisotopic (exact) mass is 502 g/mol. The van der Waals surface area contributed by atoms with E-state index in [9.17, 15) is 57.1 Å². The van der Waals surface area contributed by atoms with Crippen molar-refractivity contribution < 1.29 is 57.1 Å². The molecule has 0 aliphatic carbocycles. The van der Waals surface area contributed by atoms with Gasteiger partial charge in [-0.15, -0.1) is 0 Å². The third kappa shape index (κ3) is 3.66. The lowest BCUT2D eigenvalue weighted by Crippen LogP contribution is -2.70. The van der Waals surface area contributed by atoms with Crippen molar-refractivity contribution in [2.75, 3.05) is 4.43 Å². The Morgan fingerprint density at radius 3 is 1.21 bits per heavy atom. The zero-order valence-corrected chi connectivity index (χ0v) is 13.3. The quantitative estimate of drug-likeness (QED) is 0.158. The zero-order valence-electron chi connectivity index (χ0n) is 11.1. The molecular formula is C10H8F13I. The molecule has 0 fully saturated rings. The topological polar surface area (TPSA) is 0 Å². The molecule has 0 aliphatic heterocycles. The van der Waals surface area contributed by atoms with E-state index in [1.54, 1.807) is 22.6 Å². The third-order valence-electron chi connectivity index (χ3n) is 2.87. The van der Waals surface area contributed by atoms with Gasteiger partial charge in [0, 0.05) is 6.42 Å². The van der Waals surface area contributed by atoms with Crippen LogP contribution in [0.1, 0.15) is 19.3 Å². The average molecular weight is 502 g/mol. The first-order chi connectivity index (χ1) is 10.3. The highest BCUT2D eigenvalue weighted by molar-refractivity contribution is 14.1. The molecule has 0 aliphatic rings. The van der Waals surface area contributed by atoms with Crippen LogP contribution in [0.15, 0.2) is 0 Å². The Balaban J connectivity index is 5.92. The number of hydrogen-bond donors (Lipinski definition) is 0. The Morgan fingerprint density at radius 2 is 0.875 bits per heavy atom. The Morgan fingerprint density at radius 1 is 0.500 bits per heavy atom. The summed E-state index contributed by atoms with van der Waals surface area (Å²) in [6, 6.07) is 0. The number of unbranched alkanes of at least 4 members (excludes halogenated alkanes) is 1. The van der Waals surface area contributed by atoms with Crippen LogP contribution in [0.3, 0.4) is 0 Å². The summed E-state index contributed by atoms with van der Waals surface area (Å²) in [5.74, 6) is -36.2. The summed E-state index contributed by atoms with van der Waals surface area (Å²) in [6.45, 7) is 0. The van der Waals surface area contributed by atoms with E-state index in [1.807, 2.05) is 0 Å². The molecule has 0 heterocycles. The van der Waals surface area contributed by atoms with Gasteiger partial charge in [-0.05, 0) is 17.3 Å². The van der Waals surface area contributed by atoms with E-state index >= 15 is 0 Å². The van der Waals surface area contributed by atoms with E-state index in [-0.39, 0.29) is 10.8 Å². The molecule has 0 atom stereocenters. The average Bonchev–Trinajstić information content (AvgIpc) is 2.36. The molecule has 0 saturated heterocycles. The number of rotatable bonds is 8. The first-order valence-corrected chi connectivity index (χ1v) is 7.35. The minimum atomic E-state index is -7.81. The molecule has 0 aromatic heterocycles. The largest absolute Gasteiger partial charge is 0.460 e. The fraction of sp³-hybridized carbons (Fsp3) is 1.00. The Bertz CT molecular complexity index is 425. The van der Waals surface area contributed by atoms with Gasteiger partial charge < -0.3 is 0 Å². The summed E-state index contributed by atoms with van der Waals surface area (Å²) in [7, 11) is 0. The molecule has 0 saturated carbocycles. The first-order valence-electron chi connectivity index (χ1n) is 5.83. The SMILES string of the molecule is FC(F)(F)C(F)(F)C(F)(F)C(F)(F)C(F)(F)C(F)(F)CCCCI. The second-order valence-electron chi connectivity index (χ2n) is 4.65. The normalized spacial score (nSPS) is 15.8. The van der Waals surface area contributed by atoms with Gasteiger partial charge in [-0.2, -0.15) is 57.1 Å². The number of halogens is 14. The highest BCUT2D eigenvalue weighted by Crippen LogP contribution is 2.60. The number of alkyl halides is 14. The summed E-state index contributed by atoms with van der Waals surface area (Å²) < 4.78 is 165. The fourth-order valence-corrected chi connectivity index (χ4v) is 1.94. The summed E-state index contributed by atoms with van der Waals surface area (Å²) in [5.41, 5.74) is 0. The number of hydrogen-bond acceptors (Lipinski definition) is 0. The summed E-state index contributed by atoms with van der Waals surface area (Å²) >= 11 is 1.58. The van der Waals surface area contributed by atoms with Crippen molar-refractivity contribution in [1.29, 1.82) is 0 Å². The smallest absolute Gasteiger partial charge is 0.200 e. The molecule has 0 N–H and O–H groups in total. The highest BCUT2D eigenvalue weighted by Gasteiger charge is 2.90. The molecule has 0 rings (SSSR count). The molecule has 0 radical (unpaired) electrons. The van der Waals surface area contributed by atoms with Crippen LogP contribution in [-0.2, 0) is 0 Å². The lowest BCUT2D eigenvalue weighted by molar-refractivity contribution is -0.440. The maximum atomic E-state index is 13.1. The molecule has 14 heteroatoms. The van der Waals surface area contributed by atoms with E-state index in [1.165, 1.54) is 0 Å². The molecular weight excluding hydrogens is 494 g/mol. The summed E-state index contributed by atoms with van der Waals surface area (Å²) in [6.07, 6.45) is -10.6. The van der Waals surface area contributed by atoms with Gasteiger partial charge in [-0.3, -0.25) is 0 Å². The lowest BCUT2D eigenvalue weighted by atomic mass is 9.92. The highest BCUT2D eigenvalue weighted by atomic mass is 127. The summed E-state index contributed by atoms with van der Waals surface area (Å²) in [5, 5.41) is 0. The molecule has 0 spiro atoms. The van der Waals surface area contributed by atoms with Crippen LogP contribution in [0.2, 0.25) is 0 Å². The molecule has 0 aromatic carbocycles. The van der Waals surface area contributed by atoms with Crippen molar-refractivity contribution >= 4 is 22.6 Å². The van der Waals surface area contributed by atoms with Crippen molar-refractivity contribution in [3.05, 3.63) is 0 Å². The molecule has 0 nitrogen and oxygen atoms in total. The second kappa shape index (κ2) is 6.85. The molecule has 0 aromatic rings. The maximum absolute atomic E-state index is 13.1. The molecule has 146 valence electrons. The van der Waals surface area contributed by atoms with E-state index in [0.717, 1.165) is 0 Å². The van der Waals surface area contributed by atoms with E-state index in [2.05, 4.69) is 0 Å². The fourth-order valence-electron chi connectivity index (χ4n) is 1.40. The molecule has 0 amide bonds. The van der Waals surface area contributed by atoms with Gasteiger partial charge >= 0.3 is 35.8 Å². The predicted octanol–water partition coefficient (Wildman–Crippen LogP) is 6.33. The second-order valence-corrected chi connectivity index (χ2v) is 5.72. The Labute approximate surface area is 139 Å². The van der Waals surface area contributed by atoms with Crippen LogP contribution in [0.4, 0.5) is 57.1 Å². The van der Waals surface area contributed by atoms with E-state index < -0.39 is 48.6 Å². The van der Waals surface area contributed by atoms with Crippen LogP contribution in [0.5, 0.6) is 0 Å². The van der Waals surface area contributed by atoms with Gasteiger partial charge in [0.2, 0.25) is 0 Å². The van der Waals surface area contributed by atoms with E-state index in [0.29, 0.717) is 0 Å². The van der Waals surface area contributed by atoms with Crippen LogP contribution in [0, 0.1) is 0 Å². The van der Waals surface area contributed by atoms with Crippen molar-refractivity contribution in [3.8, 4) is 0 Å². The van der Waals surface area contributed by atoms with Crippen molar-refractivity contribution in [2.24, 2.45) is 0 Å². The summed E-state index contributed by atoms with van der Waals surface area (Å²) in [4.78, 5) is 0. The van der Waals surface area contributed by atoms with Crippen molar-refractivity contribution in [2.45, 2.75) is 55.1 Å². The van der Waals surface area contributed by atoms with Gasteiger partial charge in [0.1, 0.15) is 0 Å². The van der Waals surface area contributed by atoms with Crippen LogP contribution >= 0.6 is 22.6 Å². The zero-order chi connectivity index (χ0) is 19.8. The Kier molecular flexibility index (Phi) is 6.80. The molecule has 0 bridgehead atoms. The van der Waals surface area contributed by atoms with Gasteiger partial charge in [-0.25, -0.2) is 0 Å². The van der Waals surface area contributed by atoms with Gasteiger partial charge in [0.25, 0.3) is 0 Å². The Hall–Kier alpha value is -0.180. The van der Waals surface area contributed by atoms with Crippen LogP contribution in [-0.4, -0.2) is 40.2 Å². The standard InChI is InChI=1S/C10H8F13I/c11-5(12,3-1-2-4-24)6(13,14)7(15,16)8(17,18)9(19,20)10(21,22)23/h1-4H2. The predicted molar refractivity (Wildman–Crippen MR) is 63.5 cm³/mol. The van der Waals surface area contributed by atoms with Crippen molar-refractivity contribution in [1.82, 2.24) is 0 Å². The van der Waals surface area contributed by atoms with E-state index in [4.69, 9.17) is 0 Å². The van der Waals surface area contributed by atoms with Gasteiger partial charge in [0.05, 0.1) is 0 Å². The third-order valence-corrected chi connectivity index (χ3v) is 3.64. The van der Waals surface area contributed by atoms with Gasteiger partial charge in [0.15, 0.2) is 0 Å².